The lowest BCUT2D eigenvalue weighted by Gasteiger charge is -2.17. The van der Waals surface area contributed by atoms with Gasteiger partial charge in [0.25, 0.3) is 5.84 Å². The van der Waals surface area contributed by atoms with Crippen LogP contribution in [-0.2, 0) is 0 Å². The molecule has 20 heavy (non-hydrogen) atoms. The van der Waals surface area contributed by atoms with Crippen molar-refractivity contribution >= 4 is 11.5 Å². The van der Waals surface area contributed by atoms with Crippen LogP contribution in [0.4, 0.5) is 5.69 Å². The molecule has 4 rings (SSSR count). The molecule has 2 nitrogen and oxygen atoms in total. The Kier molecular flexibility index (Phi) is 2.46. The van der Waals surface area contributed by atoms with E-state index in [2.05, 4.69) is 78.0 Å². The van der Waals surface area contributed by atoms with Gasteiger partial charge in [0.05, 0.1) is 12.6 Å². The van der Waals surface area contributed by atoms with Crippen molar-refractivity contribution in [2.75, 3.05) is 11.9 Å². The maximum atomic E-state index is 2.52. The molecule has 1 saturated carbocycles. The summed E-state index contributed by atoms with van der Waals surface area (Å²) in [5.41, 5.74) is 4.00. The van der Waals surface area contributed by atoms with Crippen LogP contribution in [0.5, 0.6) is 0 Å². The number of para-hydroxylation sites is 1. The van der Waals surface area contributed by atoms with Gasteiger partial charge < -0.3 is 0 Å². The molecule has 0 radical (unpaired) electrons. The van der Waals surface area contributed by atoms with E-state index in [0.29, 0.717) is 12.1 Å². The van der Waals surface area contributed by atoms with Gasteiger partial charge in [-0.15, -0.1) is 0 Å². The third-order valence-corrected chi connectivity index (χ3v) is 4.54. The van der Waals surface area contributed by atoms with Crippen LogP contribution in [0.3, 0.4) is 0 Å². The summed E-state index contributed by atoms with van der Waals surface area (Å²) < 4.78 is 2.46. The predicted octanol–water partition coefficient (Wildman–Crippen LogP) is 3.05. The molecular weight excluding hydrogens is 244 g/mol. The number of hydrogen-bond donors (Lipinski definition) is 0. The first-order valence-electron chi connectivity index (χ1n) is 7.27. The van der Waals surface area contributed by atoms with E-state index < -0.39 is 0 Å². The van der Waals surface area contributed by atoms with E-state index >= 15 is 0 Å². The van der Waals surface area contributed by atoms with Crippen molar-refractivity contribution in [3.8, 4) is 0 Å². The van der Waals surface area contributed by atoms with Crippen LogP contribution in [0.15, 0.2) is 54.6 Å². The molecule has 0 spiro atoms. The average molecular weight is 263 g/mol. The topological polar surface area (TPSA) is 6.25 Å². The molecule has 100 valence electrons. The Balaban J connectivity index is 1.86. The number of rotatable bonds is 2. The molecule has 2 heteroatoms. The number of likely N-dealkylation sites (N-methyl/N-ethyl adjacent to an activating group) is 1. The number of hydrogen-bond acceptors (Lipinski definition) is 1. The van der Waals surface area contributed by atoms with Crippen molar-refractivity contribution in [3.05, 3.63) is 65.7 Å². The van der Waals surface area contributed by atoms with Crippen LogP contribution >= 0.6 is 0 Å². The first-order chi connectivity index (χ1) is 9.77. The summed E-state index contributed by atoms with van der Waals surface area (Å²) in [5.74, 6) is 1.36. The quantitative estimate of drug-likeness (QED) is 0.755. The summed E-state index contributed by atoms with van der Waals surface area (Å²) in [4.78, 5) is 2.52. The fourth-order valence-electron chi connectivity index (χ4n) is 3.39. The van der Waals surface area contributed by atoms with Gasteiger partial charge in [-0.3, -0.25) is 4.58 Å². The zero-order valence-corrected chi connectivity index (χ0v) is 12.0. The average Bonchev–Trinajstić information content (AvgIpc) is 3.21. The molecule has 0 bridgehead atoms. The van der Waals surface area contributed by atoms with E-state index in [-0.39, 0.29) is 0 Å². The fourth-order valence-corrected chi connectivity index (χ4v) is 3.39. The zero-order valence-electron chi connectivity index (χ0n) is 12.0. The SMILES string of the molecule is Cc1ccccc1C1=[N+](C)C2CC2N1c1ccccc1. The molecule has 1 heterocycles. The number of amidine groups is 1. The number of fused-ring (bicyclic) bond motifs is 1. The molecule has 0 saturated heterocycles. The highest BCUT2D eigenvalue weighted by Gasteiger charge is 2.59. The summed E-state index contributed by atoms with van der Waals surface area (Å²) in [7, 11) is 2.23. The monoisotopic (exact) mass is 263 g/mol. The van der Waals surface area contributed by atoms with E-state index in [9.17, 15) is 0 Å². The molecule has 0 N–H and O–H groups in total. The number of aryl methyl sites for hydroxylation is 1. The smallest absolute Gasteiger partial charge is 0.257 e. The highest BCUT2D eigenvalue weighted by molar-refractivity contribution is 6.09. The van der Waals surface area contributed by atoms with Gasteiger partial charge in [0.1, 0.15) is 17.8 Å². The second kappa shape index (κ2) is 4.20. The van der Waals surface area contributed by atoms with Crippen LogP contribution in [-0.4, -0.2) is 29.5 Å². The highest BCUT2D eigenvalue weighted by atomic mass is 15.4. The Morgan fingerprint density at radius 1 is 1.00 bits per heavy atom. The third kappa shape index (κ3) is 1.61. The van der Waals surface area contributed by atoms with E-state index in [4.69, 9.17) is 0 Å². The van der Waals surface area contributed by atoms with E-state index in [1.807, 2.05) is 0 Å². The Morgan fingerprint density at radius 3 is 2.45 bits per heavy atom. The first-order valence-corrected chi connectivity index (χ1v) is 7.27. The third-order valence-electron chi connectivity index (χ3n) is 4.54. The molecule has 2 aromatic rings. The summed E-state index contributed by atoms with van der Waals surface area (Å²) in [5, 5.41) is 0. The fraction of sp³-hybridized carbons (Fsp3) is 0.278. The van der Waals surface area contributed by atoms with Gasteiger partial charge in [-0.25, -0.2) is 4.90 Å². The normalized spacial score (nSPS) is 24.0. The van der Waals surface area contributed by atoms with Crippen LogP contribution in [0, 0.1) is 6.92 Å². The molecule has 2 atom stereocenters. The van der Waals surface area contributed by atoms with Crippen molar-refractivity contribution in [3.63, 3.8) is 0 Å². The van der Waals surface area contributed by atoms with Crippen molar-refractivity contribution in [1.82, 2.24) is 0 Å². The molecule has 2 aromatic carbocycles. The molecule has 0 aromatic heterocycles. The van der Waals surface area contributed by atoms with Gasteiger partial charge in [-0.2, -0.15) is 0 Å². The van der Waals surface area contributed by atoms with Crippen molar-refractivity contribution < 1.29 is 4.58 Å². The maximum absolute atomic E-state index is 2.52. The second-order valence-electron chi connectivity index (χ2n) is 5.83. The summed E-state index contributed by atoms with van der Waals surface area (Å²) in [6.07, 6.45) is 1.28. The zero-order chi connectivity index (χ0) is 13.7. The minimum Gasteiger partial charge on any atom is -0.257 e. The summed E-state index contributed by atoms with van der Waals surface area (Å²) >= 11 is 0. The van der Waals surface area contributed by atoms with Gasteiger partial charge >= 0.3 is 0 Å². The largest absolute Gasteiger partial charge is 0.285 e. The Hall–Kier alpha value is -2.09. The van der Waals surface area contributed by atoms with Crippen molar-refractivity contribution in [1.29, 1.82) is 0 Å². The predicted molar refractivity (Wildman–Crippen MR) is 82.6 cm³/mol. The van der Waals surface area contributed by atoms with Crippen LogP contribution in [0.25, 0.3) is 0 Å². The van der Waals surface area contributed by atoms with E-state index in [1.54, 1.807) is 0 Å². The molecule has 1 aliphatic heterocycles. The van der Waals surface area contributed by atoms with Crippen LogP contribution < -0.4 is 4.90 Å². The molecule has 1 aliphatic carbocycles. The Labute approximate surface area is 120 Å². The van der Waals surface area contributed by atoms with Crippen LogP contribution in [0.2, 0.25) is 0 Å². The lowest BCUT2D eigenvalue weighted by molar-refractivity contribution is -0.506. The number of benzene rings is 2. The van der Waals surface area contributed by atoms with Crippen LogP contribution in [0.1, 0.15) is 17.5 Å². The lowest BCUT2D eigenvalue weighted by Crippen LogP contribution is -2.34. The highest BCUT2D eigenvalue weighted by Crippen LogP contribution is 2.41. The van der Waals surface area contributed by atoms with Crippen molar-refractivity contribution in [2.45, 2.75) is 25.4 Å². The Morgan fingerprint density at radius 2 is 1.70 bits per heavy atom. The Bertz CT molecular complexity index is 688. The second-order valence-corrected chi connectivity index (χ2v) is 5.83. The maximum Gasteiger partial charge on any atom is 0.285 e. The summed E-state index contributed by atoms with van der Waals surface area (Å²) in [6, 6.07) is 20.8. The molecular formula is C18H19N2+. The molecule has 2 aliphatic rings. The van der Waals surface area contributed by atoms with Gasteiger partial charge in [0.2, 0.25) is 0 Å². The van der Waals surface area contributed by atoms with Gasteiger partial charge in [0.15, 0.2) is 0 Å². The van der Waals surface area contributed by atoms with Gasteiger partial charge in [-0.1, -0.05) is 36.4 Å². The standard InChI is InChI=1S/C18H19N2/c1-13-8-6-7-11-15(13)18-19(2)16-12-17(16)20(18)14-9-4-3-5-10-14/h3-11,16-17H,12H2,1-2H3/q+1. The minimum atomic E-state index is 0.650. The first kappa shape index (κ1) is 11.7. The van der Waals surface area contributed by atoms with E-state index in [1.165, 1.54) is 29.1 Å². The van der Waals surface area contributed by atoms with Gasteiger partial charge in [-0.05, 0) is 30.7 Å². The van der Waals surface area contributed by atoms with Crippen molar-refractivity contribution in [2.24, 2.45) is 0 Å². The minimum absolute atomic E-state index is 0.650. The lowest BCUT2D eigenvalue weighted by atomic mass is 10.1. The molecule has 0 amide bonds. The summed E-state index contributed by atoms with van der Waals surface area (Å²) in [6.45, 7) is 2.20. The molecule has 2 unspecified atom stereocenters. The number of nitrogens with zero attached hydrogens (tertiary/aromatic N) is 2. The van der Waals surface area contributed by atoms with E-state index in [0.717, 1.165) is 0 Å². The molecule has 1 fully saturated rings. The number of anilines is 1. The van der Waals surface area contributed by atoms with Gasteiger partial charge in [0, 0.05) is 6.42 Å².